The molecule has 0 saturated heterocycles. The van der Waals surface area contributed by atoms with Crippen LogP contribution in [0, 0.1) is 19.8 Å². The molecule has 0 spiro atoms. The van der Waals surface area contributed by atoms with Crippen molar-refractivity contribution in [2.45, 2.75) is 129 Å². The Morgan fingerprint density at radius 1 is 1.00 bits per heavy atom. The zero-order chi connectivity index (χ0) is 25.0. The molecule has 3 heteroatoms. The predicted molar refractivity (Wildman–Crippen MR) is 146 cm³/mol. The fourth-order valence-corrected chi connectivity index (χ4v) is 6.29. The minimum atomic E-state index is 0.0875. The fourth-order valence-electron chi connectivity index (χ4n) is 6.29. The third-order valence-corrected chi connectivity index (χ3v) is 9.37. The zero-order valence-electron chi connectivity index (χ0n) is 23.0. The molecule has 3 saturated carbocycles. The zero-order valence-corrected chi connectivity index (χ0v) is 23.0. The highest BCUT2D eigenvalue weighted by atomic mass is 16.1. The number of amides is 1. The van der Waals surface area contributed by atoms with Gasteiger partial charge in [0.15, 0.2) is 0 Å². The first kappa shape index (κ1) is 24.7. The van der Waals surface area contributed by atoms with Gasteiger partial charge in [0.2, 0.25) is 0 Å². The van der Waals surface area contributed by atoms with E-state index in [1.54, 1.807) is 0 Å². The maximum absolute atomic E-state index is 13.5. The van der Waals surface area contributed by atoms with E-state index in [4.69, 9.17) is 0 Å². The van der Waals surface area contributed by atoms with Gasteiger partial charge in [-0.3, -0.25) is 4.79 Å². The van der Waals surface area contributed by atoms with Crippen LogP contribution < -0.4 is 5.32 Å². The number of nitrogens with zero attached hydrogens (tertiary/aromatic N) is 1. The molecule has 2 aromatic rings. The van der Waals surface area contributed by atoms with Gasteiger partial charge in [0, 0.05) is 18.3 Å². The summed E-state index contributed by atoms with van der Waals surface area (Å²) in [5.74, 6) is 0.844. The van der Waals surface area contributed by atoms with Crippen molar-refractivity contribution in [1.29, 1.82) is 0 Å². The maximum atomic E-state index is 13.5. The van der Waals surface area contributed by atoms with Gasteiger partial charge in [0.25, 0.3) is 5.91 Å². The highest BCUT2D eigenvalue weighted by Gasteiger charge is 2.40. The quantitative estimate of drug-likeness (QED) is 0.452. The van der Waals surface area contributed by atoms with E-state index in [-0.39, 0.29) is 11.3 Å². The van der Waals surface area contributed by atoms with Gasteiger partial charge in [-0.1, -0.05) is 53.0 Å². The van der Waals surface area contributed by atoms with Crippen LogP contribution in [0.2, 0.25) is 0 Å². The summed E-state index contributed by atoms with van der Waals surface area (Å²) in [5, 5.41) is 3.34. The summed E-state index contributed by atoms with van der Waals surface area (Å²) in [4.78, 5) is 13.5. The first-order valence-corrected chi connectivity index (χ1v) is 14.2. The number of aromatic nitrogens is 1. The molecule has 3 aliphatic carbocycles. The molecule has 0 unspecified atom stereocenters. The number of carbonyl (C=O) groups excluding carboxylic acids is 1. The van der Waals surface area contributed by atoms with Crippen LogP contribution in [0.3, 0.4) is 0 Å². The summed E-state index contributed by atoms with van der Waals surface area (Å²) in [5.41, 5.74) is 9.09. The molecule has 3 fully saturated rings. The SMILES string of the molecule is Cc1c(C(=O)NC2CCC2)c(C)n(CC2CCCCC2)c1-c1cc(C(C)(C)C)cc(C2(C)CC2)c1. The molecular formula is C32H46N2O. The third kappa shape index (κ3) is 4.85. The van der Waals surface area contributed by atoms with Crippen LogP contribution in [-0.4, -0.2) is 16.5 Å². The average molecular weight is 475 g/mol. The van der Waals surface area contributed by atoms with Gasteiger partial charge >= 0.3 is 0 Å². The Labute approximate surface area is 213 Å². The molecule has 1 aromatic heterocycles. The summed E-state index contributed by atoms with van der Waals surface area (Å²) in [6.45, 7) is 14.8. The molecule has 0 aliphatic heterocycles. The molecule has 1 amide bonds. The van der Waals surface area contributed by atoms with Crippen molar-refractivity contribution in [1.82, 2.24) is 9.88 Å². The van der Waals surface area contributed by atoms with Crippen molar-refractivity contribution in [2.75, 3.05) is 0 Å². The molecule has 1 heterocycles. The number of benzene rings is 1. The smallest absolute Gasteiger partial charge is 0.253 e. The van der Waals surface area contributed by atoms with E-state index in [0.29, 0.717) is 17.4 Å². The molecule has 5 rings (SSSR count). The summed E-state index contributed by atoms with van der Waals surface area (Å²) in [6.07, 6.45) is 12.7. The Hall–Kier alpha value is -2.03. The standard InChI is InChI=1S/C32H46N2O/c1-21-28(30(35)33-27-13-10-14-27)22(2)34(20-23-11-8-7-9-12-23)29(21)24-17-25(31(3,4)5)19-26(18-24)32(6)15-16-32/h17-19,23,27H,7-16,20H2,1-6H3,(H,33,35). The Balaban J connectivity index is 1.64. The van der Waals surface area contributed by atoms with Crippen LogP contribution in [-0.2, 0) is 17.4 Å². The second-order valence-electron chi connectivity index (χ2n) is 13.3. The third-order valence-electron chi connectivity index (χ3n) is 9.37. The summed E-state index contributed by atoms with van der Waals surface area (Å²) < 4.78 is 2.53. The Kier molecular flexibility index (Phi) is 6.43. The van der Waals surface area contributed by atoms with Crippen LogP contribution in [0.15, 0.2) is 18.2 Å². The highest BCUT2D eigenvalue weighted by molar-refractivity contribution is 5.99. The van der Waals surface area contributed by atoms with E-state index in [1.165, 1.54) is 73.8 Å². The lowest BCUT2D eigenvalue weighted by atomic mass is 9.82. The molecule has 3 aliphatic rings. The number of nitrogens with one attached hydrogen (secondary N) is 1. The Bertz CT molecular complexity index is 1080. The van der Waals surface area contributed by atoms with Gasteiger partial charge in [-0.05, 0) is 110 Å². The normalized spacial score (nSPS) is 20.5. The Morgan fingerprint density at radius 3 is 2.26 bits per heavy atom. The molecule has 35 heavy (non-hydrogen) atoms. The van der Waals surface area contributed by atoms with Gasteiger partial charge < -0.3 is 9.88 Å². The van der Waals surface area contributed by atoms with Crippen molar-refractivity contribution >= 4 is 5.91 Å². The molecule has 190 valence electrons. The van der Waals surface area contributed by atoms with E-state index in [9.17, 15) is 4.79 Å². The molecule has 3 nitrogen and oxygen atoms in total. The van der Waals surface area contributed by atoms with Crippen LogP contribution in [0.5, 0.6) is 0 Å². The molecule has 0 bridgehead atoms. The molecule has 0 radical (unpaired) electrons. The van der Waals surface area contributed by atoms with Gasteiger partial charge in [-0.25, -0.2) is 0 Å². The largest absolute Gasteiger partial charge is 0.349 e. The number of rotatable bonds is 6. The predicted octanol–water partition coefficient (Wildman–Crippen LogP) is 7.98. The van der Waals surface area contributed by atoms with Gasteiger partial charge in [0.05, 0.1) is 11.3 Å². The maximum Gasteiger partial charge on any atom is 0.253 e. The van der Waals surface area contributed by atoms with Crippen molar-refractivity contribution in [2.24, 2.45) is 5.92 Å². The van der Waals surface area contributed by atoms with Crippen molar-refractivity contribution < 1.29 is 4.79 Å². The molecular weight excluding hydrogens is 428 g/mol. The van der Waals surface area contributed by atoms with E-state index in [2.05, 4.69) is 69.6 Å². The summed E-state index contributed by atoms with van der Waals surface area (Å²) >= 11 is 0. The molecule has 1 aromatic carbocycles. The molecule has 1 N–H and O–H groups in total. The number of carbonyl (C=O) groups is 1. The number of hydrogen-bond donors (Lipinski definition) is 1. The second-order valence-corrected chi connectivity index (χ2v) is 13.3. The summed E-state index contributed by atoms with van der Waals surface area (Å²) in [7, 11) is 0. The lowest BCUT2D eigenvalue weighted by Crippen LogP contribution is -2.39. The van der Waals surface area contributed by atoms with E-state index in [1.807, 2.05) is 0 Å². The Morgan fingerprint density at radius 2 is 1.69 bits per heavy atom. The van der Waals surface area contributed by atoms with Crippen LogP contribution in [0.1, 0.15) is 125 Å². The second kappa shape index (κ2) is 9.12. The van der Waals surface area contributed by atoms with Gasteiger partial charge in [-0.15, -0.1) is 0 Å². The van der Waals surface area contributed by atoms with E-state index < -0.39 is 0 Å². The minimum Gasteiger partial charge on any atom is -0.349 e. The molecule has 0 atom stereocenters. The van der Waals surface area contributed by atoms with Gasteiger partial charge in [0.1, 0.15) is 0 Å². The van der Waals surface area contributed by atoms with E-state index >= 15 is 0 Å². The first-order valence-electron chi connectivity index (χ1n) is 14.2. The highest BCUT2D eigenvalue weighted by Crippen LogP contribution is 2.49. The van der Waals surface area contributed by atoms with Crippen LogP contribution in [0.4, 0.5) is 0 Å². The minimum absolute atomic E-state index is 0.0875. The van der Waals surface area contributed by atoms with Gasteiger partial charge in [-0.2, -0.15) is 0 Å². The summed E-state index contributed by atoms with van der Waals surface area (Å²) in [6, 6.07) is 7.69. The van der Waals surface area contributed by atoms with Crippen LogP contribution >= 0.6 is 0 Å². The monoisotopic (exact) mass is 474 g/mol. The van der Waals surface area contributed by atoms with Crippen LogP contribution in [0.25, 0.3) is 11.3 Å². The van der Waals surface area contributed by atoms with Crippen molar-refractivity contribution in [3.05, 3.63) is 46.1 Å². The average Bonchev–Trinajstić information content (AvgIpc) is 3.49. The van der Waals surface area contributed by atoms with E-state index in [0.717, 1.165) is 36.2 Å². The van der Waals surface area contributed by atoms with Crippen molar-refractivity contribution in [3.63, 3.8) is 0 Å². The fraction of sp³-hybridized carbons (Fsp3) is 0.656. The lowest BCUT2D eigenvalue weighted by molar-refractivity contribution is 0.0915. The lowest BCUT2D eigenvalue weighted by Gasteiger charge is -2.26. The van der Waals surface area contributed by atoms with Crippen molar-refractivity contribution in [3.8, 4) is 11.3 Å². The number of hydrogen-bond acceptors (Lipinski definition) is 1. The first-order chi connectivity index (χ1) is 16.6. The topological polar surface area (TPSA) is 34.0 Å².